The number of pyridine rings is 1. The summed E-state index contributed by atoms with van der Waals surface area (Å²) < 4.78 is 43.1. The lowest BCUT2D eigenvalue weighted by Gasteiger charge is -2.29. The van der Waals surface area contributed by atoms with Crippen molar-refractivity contribution < 1.29 is 23.1 Å². The van der Waals surface area contributed by atoms with E-state index < -0.39 is 29.2 Å². The number of tetrazole rings is 1. The number of hydrogen-bond donors (Lipinski definition) is 2. The van der Waals surface area contributed by atoms with Gasteiger partial charge in [-0.25, -0.2) is 13.2 Å². The Balaban J connectivity index is 1.63. The number of carbonyl (C=O) groups excluding carboxylic acids is 1. The Morgan fingerprint density at radius 2 is 2.03 bits per heavy atom. The van der Waals surface area contributed by atoms with Crippen molar-refractivity contribution in [1.29, 1.82) is 0 Å². The largest absolute Gasteiger partial charge is 0.380 e. The fourth-order valence-corrected chi connectivity index (χ4v) is 3.95. The van der Waals surface area contributed by atoms with E-state index in [1.807, 2.05) is 0 Å². The third-order valence-corrected chi connectivity index (χ3v) is 5.80. The van der Waals surface area contributed by atoms with Crippen LogP contribution in [0.15, 0.2) is 36.3 Å². The molecule has 1 aliphatic carbocycles. The molecule has 2 N–H and O–H groups in total. The summed E-state index contributed by atoms with van der Waals surface area (Å²) in [6, 6.07) is 2.74. The van der Waals surface area contributed by atoms with Gasteiger partial charge in [-0.3, -0.25) is 9.78 Å². The monoisotopic (exact) mass is 492 g/mol. The molecule has 0 saturated carbocycles. The van der Waals surface area contributed by atoms with Gasteiger partial charge in [0.1, 0.15) is 17.2 Å². The highest BCUT2D eigenvalue weighted by molar-refractivity contribution is 6.31. The number of aliphatic hydroxyl groups is 1. The number of hydrogen-bond acceptors (Lipinski definition) is 6. The van der Waals surface area contributed by atoms with Gasteiger partial charge in [0, 0.05) is 29.6 Å². The smallest absolute Gasteiger partial charge is 0.252 e. The summed E-state index contributed by atoms with van der Waals surface area (Å²) in [6.07, 6.45) is 2.15. The van der Waals surface area contributed by atoms with Crippen LogP contribution in [0, 0.1) is 11.6 Å². The molecule has 4 rings (SSSR count). The highest BCUT2D eigenvalue weighted by Gasteiger charge is 2.38. The molecule has 2 atom stereocenters. The summed E-state index contributed by atoms with van der Waals surface area (Å²) in [5.74, 6) is -2.63. The Bertz CT molecular complexity index is 1300. The van der Waals surface area contributed by atoms with Crippen molar-refractivity contribution in [3.05, 3.63) is 58.6 Å². The molecule has 0 aliphatic heterocycles. The molecule has 0 bridgehead atoms. The molecule has 1 unspecified atom stereocenters. The Morgan fingerprint density at radius 1 is 1.26 bits per heavy atom. The molecular formula is C22H20ClF3N6O2. The summed E-state index contributed by atoms with van der Waals surface area (Å²) >= 11 is 6.02. The van der Waals surface area contributed by atoms with Crippen molar-refractivity contribution in [3.8, 4) is 22.5 Å². The number of aromatic nitrogens is 5. The first-order valence-corrected chi connectivity index (χ1v) is 10.7. The standard InChI is InChI=1S/C22H20ClF3N6O2/c1-11(28-21(33)22(34)5-3-14(24)4-6-22)19-17(26)7-12(10-27-19)15-8-13(23)9-16(25)18(15)20-29-31-32(2)30-20/h3,7-11,34H,4-6H2,1-2H3,(H,28,33)/t11-,22?/m1/s1. The van der Waals surface area contributed by atoms with E-state index in [9.17, 15) is 18.7 Å². The minimum Gasteiger partial charge on any atom is -0.380 e. The van der Waals surface area contributed by atoms with Crippen LogP contribution in [-0.4, -0.2) is 41.8 Å². The van der Waals surface area contributed by atoms with E-state index in [0.29, 0.717) is 0 Å². The second-order valence-corrected chi connectivity index (χ2v) is 8.52. The minimum absolute atomic E-state index is 0.0111. The predicted octanol–water partition coefficient (Wildman–Crippen LogP) is 3.82. The lowest BCUT2D eigenvalue weighted by atomic mass is 9.87. The van der Waals surface area contributed by atoms with E-state index in [1.165, 1.54) is 26.2 Å². The number of nitrogens with zero attached hydrogens (tertiary/aromatic N) is 5. The van der Waals surface area contributed by atoms with Crippen LogP contribution in [0.5, 0.6) is 0 Å². The van der Waals surface area contributed by atoms with Crippen molar-refractivity contribution in [2.45, 2.75) is 37.8 Å². The van der Waals surface area contributed by atoms with Crippen LogP contribution in [0.4, 0.5) is 13.2 Å². The summed E-state index contributed by atoms with van der Waals surface area (Å²) in [7, 11) is 1.52. The maximum Gasteiger partial charge on any atom is 0.252 e. The summed E-state index contributed by atoms with van der Waals surface area (Å²) in [4.78, 5) is 17.8. The lowest BCUT2D eigenvalue weighted by molar-refractivity contribution is -0.141. The molecule has 12 heteroatoms. The van der Waals surface area contributed by atoms with Gasteiger partial charge in [-0.2, -0.15) is 4.80 Å². The molecule has 1 aromatic carbocycles. The molecule has 0 saturated heterocycles. The zero-order valence-electron chi connectivity index (χ0n) is 18.2. The summed E-state index contributed by atoms with van der Waals surface area (Å²) in [5, 5.41) is 24.6. The summed E-state index contributed by atoms with van der Waals surface area (Å²) in [5.41, 5.74) is -1.49. The number of nitrogens with one attached hydrogen (secondary N) is 1. The highest BCUT2D eigenvalue weighted by atomic mass is 35.5. The maximum atomic E-state index is 15.1. The molecule has 0 radical (unpaired) electrons. The van der Waals surface area contributed by atoms with Crippen molar-refractivity contribution in [1.82, 2.24) is 30.5 Å². The van der Waals surface area contributed by atoms with Crippen molar-refractivity contribution in [2.75, 3.05) is 0 Å². The van der Waals surface area contributed by atoms with Gasteiger partial charge in [-0.1, -0.05) is 11.6 Å². The van der Waals surface area contributed by atoms with E-state index in [4.69, 9.17) is 11.6 Å². The molecule has 0 fully saturated rings. The fraction of sp³-hybridized carbons (Fsp3) is 0.318. The number of allylic oxidation sites excluding steroid dienone is 1. The third kappa shape index (κ3) is 4.66. The zero-order valence-corrected chi connectivity index (χ0v) is 18.9. The Labute approximate surface area is 197 Å². The van der Waals surface area contributed by atoms with Crippen molar-refractivity contribution >= 4 is 17.5 Å². The van der Waals surface area contributed by atoms with E-state index in [2.05, 4.69) is 25.7 Å². The Morgan fingerprint density at radius 3 is 2.65 bits per heavy atom. The molecule has 178 valence electrons. The van der Waals surface area contributed by atoms with E-state index in [-0.39, 0.29) is 58.3 Å². The Kier molecular flexibility index (Phi) is 6.41. The second kappa shape index (κ2) is 9.15. The van der Waals surface area contributed by atoms with Crippen LogP contribution >= 0.6 is 11.6 Å². The molecule has 2 aromatic heterocycles. The van der Waals surface area contributed by atoms with Crippen molar-refractivity contribution in [2.24, 2.45) is 7.05 Å². The van der Waals surface area contributed by atoms with Gasteiger partial charge in [0.05, 0.1) is 30.2 Å². The van der Waals surface area contributed by atoms with Crippen LogP contribution in [0.25, 0.3) is 22.5 Å². The number of carbonyl (C=O) groups is 1. The maximum absolute atomic E-state index is 15.1. The first-order valence-electron chi connectivity index (χ1n) is 10.3. The van der Waals surface area contributed by atoms with Gasteiger partial charge in [-0.15, -0.1) is 10.2 Å². The van der Waals surface area contributed by atoms with E-state index >= 15 is 4.39 Å². The number of rotatable bonds is 5. The van der Waals surface area contributed by atoms with Crippen molar-refractivity contribution in [3.63, 3.8) is 0 Å². The average Bonchev–Trinajstić information content (AvgIpc) is 3.20. The molecule has 34 heavy (non-hydrogen) atoms. The molecule has 1 aliphatic rings. The van der Waals surface area contributed by atoms with Crippen LogP contribution < -0.4 is 5.32 Å². The van der Waals surface area contributed by atoms with Gasteiger partial charge >= 0.3 is 0 Å². The molecule has 1 amide bonds. The Hall–Kier alpha value is -3.31. The second-order valence-electron chi connectivity index (χ2n) is 8.09. The molecule has 0 spiro atoms. The molecule has 2 heterocycles. The van der Waals surface area contributed by atoms with Crippen LogP contribution in [0.3, 0.4) is 0 Å². The molecule has 8 nitrogen and oxygen atoms in total. The van der Waals surface area contributed by atoms with Gasteiger partial charge in [0.15, 0.2) is 0 Å². The first-order chi connectivity index (χ1) is 16.1. The lowest BCUT2D eigenvalue weighted by Crippen LogP contribution is -2.48. The summed E-state index contributed by atoms with van der Waals surface area (Å²) in [6.45, 7) is 1.50. The fourth-order valence-electron chi connectivity index (χ4n) is 3.74. The third-order valence-electron chi connectivity index (χ3n) is 5.59. The van der Waals surface area contributed by atoms with Crippen LogP contribution in [0.1, 0.15) is 37.9 Å². The quantitative estimate of drug-likeness (QED) is 0.561. The minimum atomic E-state index is -1.78. The molecular weight excluding hydrogens is 473 g/mol. The van der Waals surface area contributed by atoms with Gasteiger partial charge in [0.2, 0.25) is 5.82 Å². The number of aryl methyl sites for hydroxylation is 1. The van der Waals surface area contributed by atoms with Gasteiger partial charge in [-0.05, 0) is 48.4 Å². The average molecular weight is 493 g/mol. The van der Waals surface area contributed by atoms with Gasteiger partial charge < -0.3 is 10.4 Å². The predicted molar refractivity (Wildman–Crippen MR) is 117 cm³/mol. The topological polar surface area (TPSA) is 106 Å². The van der Waals surface area contributed by atoms with Crippen LogP contribution in [0.2, 0.25) is 5.02 Å². The van der Waals surface area contributed by atoms with E-state index in [0.717, 1.165) is 23.0 Å². The number of amides is 1. The van der Waals surface area contributed by atoms with Crippen LogP contribution in [-0.2, 0) is 11.8 Å². The normalized spacial score (nSPS) is 19.0. The van der Waals surface area contributed by atoms with Gasteiger partial charge in [0.25, 0.3) is 5.91 Å². The van der Waals surface area contributed by atoms with E-state index in [1.54, 1.807) is 0 Å². The SMILES string of the molecule is C[C@@H](NC(=O)C1(O)CC=C(F)CC1)c1ncc(-c2cc(Cl)cc(F)c2-c2nnn(C)n2)cc1F. The highest BCUT2D eigenvalue weighted by Crippen LogP contribution is 2.36. The number of halogens is 4. The zero-order chi connectivity index (χ0) is 24.6. The first kappa shape index (κ1) is 23.8. The number of benzene rings is 1. The molecule has 3 aromatic rings.